The largest absolute Gasteiger partial charge is 0.302 e. The van der Waals surface area contributed by atoms with E-state index in [0.29, 0.717) is 6.04 Å². The van der Waals surface area contributed by atoms with Crippen molar-refractivity contribution in [3.63, 3.8) is 0 Å². The average Bonchev–Trinajstić information content (AvgIpc) is 2.87. The zero-order valence-electron chi connectivity index (χ0n) is 9.06. The number of hydrogen-bond donors (Lipinski definition) is 1. The zero-order valence-corrected chi connectivity index (χ0v) is 10.7. The van der Waals surface area contributed by atoms with E-state index in [9.17, 15) is 0 Å². The van der Waals surface area contributed by atoms with Crippen molar-refractivity contribution >= 4 is 22.7 Å². The molecule has 1 N–H and O–H groups in total. The Labute approximate surface area is 104 Å². The molecule has 1 saturated carbocycles. The van der Waals surface area contributed by atoms with Gasteiger partial charge in [-0.1, -0.05) is 18.6 Å². The first-order valence-corrected chi connectivity index (χ1v) is 7.52. The fourth-order valence-corrected chi connectivity index (χ4v) is 3.71. The highest BCUT2D eigenvalue weighted by molar-refractivity contribution is 7.11. The molecule has 0 radical (unpaired) electrons. The van der Waals surface area contributed by atoms with E-state index < -0.39 is 0 Å². The molecule has 0 unspecified atom stereocenters. The van der Waals surface area contributed by atoms with Gasteiger partial charge in [-0.05, 0) is 35.7 Å². The quantitative estimate of drug-likeness (QED) is 0.862. The second kappa shape index (κ2) is 4.70. The molecule has 1 nitrogen and oxygen atoms in total. The van der Waals surface area contributed by atoms with E-state index in [0.717, 1.165) is 6.04 Å². The number of hydrogen-bond acceptors (Lipinski definition) is 3. The molecule has 3 heteroatoms. The summed E-state index contributed by atoms with van der Waals surface area (Å²) >= 11 is 3.70. The van der Waals surface area contributed by atoms with Crippen LogP contribution in [0, 0.1) is 0 Å². The molecule has 2 aromatic rings. The van der Waals surface area contributed by atoms with E-state index in [2.05, 4.69) is 40.3 Å². The van der Waals surface area contributed by atoms with Crippen molar-refractivity contribution < 1.29 is 0 Å². The highest BCUT2D eigenvalue weighted by atomic mass is 32.1. The number of nitrogens with one attached hydrogen (secondary N) is 1. The number of rotatable bonds is 4. The third-order valence-electron chi connectivity index (χ3n) is 3.16. The van der Waals surface area contributed by atoms with Crippen LogP contribution in [-0.2, 0) is 0 Å². The van der Waals surface area contributed by atoms with Crippen LogP contribution in [0.2, 0.25) is 0 Å². The molecular formula is C13H15NS2. The average molecular weight is 249 g/mol. The topological polar surface area (TPSA) is 12.0 Å². The molecule has 3 rings (SSSR count). The lowest BCUT2D eigenvalue weighted by atomic mass is 9.92. The molecule has 16 heavy (non-hydrogen) atoms. The minimum Gasteiger partial charge on any atom is -0.302 e. The lowest BCUT2D eigenvalue weighted by molar-refractivity contribution is 0.323. The molecular weight excluding hydrogens is 234 g/mol. The van der Waals surface area contributed by atoms with E-state index in [1.165, 1.54) is 29.0 Å². The standard InChI is InChI=1S/C13H15NS2/c1-4-10(5-1)14-13(11-6-2-8-15-11)12-7-3-9-16-12/h2-3,6-10,13-14H,1,4-5H2. The second-order valence-corrected chi connectivity index (χ2v) is 6.22. The Kier molecular flexibility index (Phi) is 3.09. The highest BCUT2D eigenvalue weighted by Gasteiger charge is 2.24. The normalized spacial score (nSPS) is 16.6. The minimum atomic E-state index is 0.422. The summed E-state index contributed by atoms with van der Waals surface area (Å²) in [5.74, 6) is 0. The molecule has 1 aliphatic carbocycles. The molecule has 84 valence electrons. The van der Waals surface area contributed by atoms with Crippen LogP contribution in [-0.4, -0.2) is 6.04 Å². The fraction of sp³-hybridized carbons (Fsp3) is 0.385. The van der Waals surface area contributed by atoms with E-state index >= 15 is 0 Å². The Morgan fingerprint density at radius 1 is 1.06 bits per heavy atom. The predicted molar refractivity (Wildman–Crippen MR) is 71.3 cm³/mol. The van der Waals surface area contributed by atoms with Crippen LogP contribution in [0.25, 0.3) is 0 Å². The molecule has 0 saturated heterocycles. The molecule has 0 amide bonds. The smallest absolute Gasteiger partial charge is 0.0766 e. The minimum absolute atomic E-state index is 0.422. The SMILES string of the molecule is c1csc(C(NC2CCC2)c2cccs2)c1. The molecule has 0 bridgehead atoms. The Bertz CT molecular complexity index is 380. The Morgan fingerprint density at radius 2 is 1.69 bits per heavy atom. The maximum absolute atomic E-state index is 3.78. The molecule has 0 aliphatic heterocycles. The van der Waals surface area contributed by atoms with Gasteiger partial charge >= 0.3 is 0 Å². The van der Waals surface area contributed by atoms with Gasteiger partial charge in [0, 0.05) is 15.8 Å². The van der Waals surface area contributed by atoms with Crippen molar-refractivity contribution in [3.8, 4) is 0 Å². The molecule has 0 atom stereocenters. The predicted octanol–water partition coefficient (Wildman–Crippen LogP) is 4.04. The monoisotopic (exact) mass is 249 g/mol. The summed E-state index contributed by atoms with van der Waals surface area (Å²) < 4.78 is 0. The first-order valence-electron chi connectivity index (χ1n) is 5.76. The van der Waals surface area contributed by atoms with Crippen LogP contribution in [0.5, 0.6) is 0 Å². The van der Waals surface area contributed by atoms with Crippen molar-refractivity contribution in [1.82, 2.24) is 5.32 Å². The first-order chi connectivity index (χ1) is 7.93. The number of thiophene rings is 2. The maximum atomic E-state index is 3.78. The van der Waals surface area contributed by atoms with Gasteiger partial charge in [-0.2, -0.15) is 0 Å². The lowest BCUT2D eigenvalue weighted by Gasteiger charge is -2.30. The van der Waals surface area contributed by atoms with Gasteiger partial charge in [0.15, 0.2) is 0 Å². The van der Waals surface area contributed by atoms with Crippen molar-refractivity contribution in [1.29, 1.82) is 0 Å². The van der Waals surface area contributed by atoms with Crippen LogP contribution in [0.4, 0.5) is 0 Å². The van der Waals surface area contributed by atoms with Gasteiger partial charge in [0.2, 0.25) is 0 Å². The van der Waals surface area contributed by atoms with Crippen LogP contribution >= 0.6 is 22.7 Å². The molecule has 1 aliphatic rings. The van der Waals surface area contributed by atoms with Crippen molar-refractivity contribution in [2.24, 2.45) is 0 Å². The Morgan fingerprint density at radius 3 is 2.06 bits per heavy atom. The fourth-order valence-electron chi connectivity index (χ4n) is 2.03. The third-order valence-corrected chi connectivity index (χ3v) is 5.04. The lowest BCUT2D eigenvalue weighted by Crippen LogP contribution is -2.37. The molecule has 1 fully saturated rings. The Balaban J connectivity index is 1.82. The van der Waals surface area contributed by atoms with Gasteiger partial charge in [0.25, 0.3) is 0 Å². The first kappa shape index (κ1) is 10.5. The second-order valence-electron chi connectivity index (χ2n) is 4.26. The Hall–Kier alpha value is -0.640. The summed E-state index contributed by atoms with van der Waals surface area (Å²) in [5, 5.41) is 8.11. The summed E-state index contributed by atoms with van der Waals surface area (Å²) in [5.41, 5.74) is 0. The molecule has 2 aromatic heterocycles. The van der Waals surface area contributed by atoms with Gasteiger partial charge in [-0.3, -0.25) is 0 Å². The molecule has 0 spiro atoms. The third kappa shape index (κ3) is 2.08. The van der Waals surface area contributed by atoms with Gasteiger partial charge in [0.1, 0.15) is 0 Å². The van der Waals surface area contributed by atoms with Gasteiger partial charge in [-0.25, -0.2) is 0 Å². The van der Waals surface area contributed by atoms with Crippen molar-refractivity contribution in [2.75, 3.05) is 0 Å². The van der Waals surface area contributed by atoms with Crippen LogP contribution in [0.3, 0.4) is 0 Å². The summed E-state index contributed by atoms with van der Waals surface area (Å²) in [6.07, 6.45) is 4.07. The highest BCUT2D eigenvalue weighted by Crippen LogP contribution is 2.32. The van der Waals surface area contributed by atoms with Crippen molar-refractivity contribution in [3.05, 3.63) is 44.8 Å². The van der Waals surface area contributed by atoms with Gasteiger partial charge in [-0.15, -0.1) is 22.7 Å². The molecule has 2 heterocycles. The summed E-state index contributed by atoms with van der Waals surface area (Å²) in [7, 11) is 0. The van der Waals surface area contributed by atoms with Gasteiger partial charge in [0.05, 0.1) is 6.04 Å². The van der Waals surface area contributed by atoms with E-state index in [4.69, 9.17) is 0 Å². The zero-order chi connectivity index (χ0) is 10.8. The summed E-state index contributed by atoms with van der Waals surface area (Å²) in [6.45, 7) is 0. The summed E-state index contributed by atoms with van der Waals surface area (Å²) in [6, 6.07) is 9.91. The van der Waals surface area contributed by atoms with Crippen LogP contribution < -0.4 is 5.32 Å². The van der Waals surface area contributed by atoms with E-state index in [1.54, 1.807) is 0 Å². The molecule has 0 aromatic carbocycles. The van der Waals surface area contributed by atoms with E-state index in [-0.39, 0.29) is 0 Å². The van der Waals surface area contributed by atoms with Crippen LogP contribution in [0.15, 0.2) is 35.0 Å². The van der Waals surface area contributed by atoms with Crippen molar-refractivity contribution in [2.45, 2.75) is 31.3 Å². The van der Waals surface area contributed by atoms with Crippen LogP contribution in [0.1, 0.15) is 35.1 Å². The summed E-state index contributed by atoms with van der Waals surface area (Å²) in [4.78, 5) is 2.88. The van der Waals surface area contributed by atoms with E-state index in [1.807, 2.05) is 22.7 Å². The maximum Gasteiger partial charge on any atom is 0.0766 e. The van der Waals surface area contributed by atoms with Gasteiger partial charge < -0.3 is 5.32 Å².